The Kier molecular flexibility index (Phi) is 6.57. The summed E-state index contributed by atoms with van der Waals surface area (Å²) in [6, 6.07) is 5.47. The quantitative estimate of drug-likeness (QED) is 0.498. The van der Waals surface area contributed by atoms with E-state index < -0.39 is 38.3 Å². The van der Waals surface area contributed by atoms with E-state index in [1.54, 1.807) is 0 Å². The number of nitro groups is 1. The average Bonchev–Trinajstić information content (AvgIpc) is 2.61. The Morgan fingerprint density at radius 3 is 2.38 bits per heavy atom. The second-order valence-electron chi connectivity index (χ2n) is 5.37. The summed E-state index contributed by atoms with van der Waals surface area (Å²) in [5.41, 5.74) is -0.0379. The zero-order chi connectivity index (χ0) is 22.0. The summed E-state index contributed by atoms with van der Waals surface area (Å²) in [5, 5.41) is 10.9. The van der Waals surface area contributed by atoms with Crippen molar-refractivity contribution in [3.63, 3.8) is 0 Å². The maximum atomic E-state index is 12.7. The number of hydrogen-bond acceptors (Lipinski definition) is 7. The molecule has 0 aliphatic rings. The highest BCUT2D eigenvalue weighted by molar-refractivity contribution is 7.88. The average molecular weight is 456 g/mol. The molecule has 0 heterocycles. The lowest BCUT2D eigenvalue weighted by atomic mass is 10.2. The molecule has 9 nitrogen and oxygen atoms in total. The predicted molar refractivity (Wildman–Crippen MR) is 97.1 cm³/mol. The molecule has 0 fully saturated rings. The summed E-state index contributed by atoms with van der Waals surface area (Å²) < 4.78 is 72.4. The van der Waals surface area contributed by atoms with Gasteiger partial charge in [-0.1, -0.05) is 11.6 Å². The summed E-state index contributed by atoms with van der Waals surface area (Å²) in [5.74, 6) is -0.282. The van der Waals surface area contributed by atoms with Gasteiger partial charge in [-0.3, -0.25) is 10.1 Å². The van der Waals surface area contributed by atoms with E-state index in [0.29, 0.717) is 10.4 Å². The molecule has 29 heavy (non-hydrogen) atoms. The normalized spacial score (nSPS) is 11.9. The van der Waals surface area contributed by atoms with E-state index in [-0.39, 0.29) is 16.5 Å². The third-order valence-electron chi connectivity index (χ3n) is 3.49. The van der Waals surface area contributed by atoms with Crippen molar-refractivity contribution in [1.29, 1.82) is 0 Å². The fourth-order valence-corrected chi connectivity index (χ4v) is 3.07. The minimum absolute atomic E-state index is 0.112. The molecule has 0 bridgehead atoms. The predicted octanol–water partition coefficient (Wildman–Crippen LogP) is 3.89. The third kappa shape index (κ3) is 5.26. The second kappa shape index (κ2) is 8.41. The van der Waals surface area contributed by atoms with Gasteiger partial charge in [-0.2, -0.15) is 31.4 Å². The molecule has 158 valence electrons. The first-order valence-corrected chi connectivity index (χ1v) is 9.28. The van der Waals surface area contributed by atoms with Gasteiger partial charge in [0, 0.05) is 26.2 Å². The molecule has 0 saturated heterocycles. The van der Waals surface area contributed by atoms with Gasteiger partial charge < -0.3 is 4.74 Å². The molecule has 0 amide bonds. The molecule has 0 radical (unpaired) electrons. The van der Waals surface area contributed by atoms with E-state index >= 15 is 0 Å². The van der Waals surface area contributed by atoms with Crippen LogP contribution in [0.2, 0.25) is 5.02 Å². The number of ether oxygens (including phenoxy) is 1. The molecule has 0 saturated carbocycles. The number of nitrogens with one attached hydrogen (secondary N) is 1. The first-order valence-electron chi connectivity index (χ1n) is 7.54. The second-order valence-corrected chi connectivity index (χ2v) is 7.34. The molecule has 14 heteroatoms. The smallest absolute Gasteiger partial charge is 0.416 e. The maximum absolute atomic E-state index is 12.7. The SMILES string of the molecule is CNOS(=O)(=O)N(C)c1cc(Oc2ccc(C(F)(F)F)cc2Cl)ccc1[N+](=O)[O-]. The molecule has 0 aromatic heterocycles. The largest absolute Gasteiger partial charge is 0.456 e. The Bertz CT molecular complexity index is 1030. The van der Waals surface area contributed by atoms with E-state index in [0.717, 1.165) is 37.4 Å². The van der Waals surface area contributed by atoms with Crippen molar-refractivity contribution in [2.75, 3.05) is 18.4 Å². The summed E-state index contributed by atoms with van der Waals surface area (Å²) in [6.07, 6.45) is -4.60. The number of hydrogen-bond donors (Lipinski definition) is 1. The summed E-state index contributed by atoms with van der Waals surface area (Å²) >= 11 is 5.82. The van der Waals surface area contributed by atoms with Crippen molar-refractivity contribution in [2.24, 2.45) is 0 Å². The minimum atomic E-state index is -4.60. The Morgan fingerprint density at radius 1 is 1.21 bits per heavy atom. The van der Waals surface area contributed by atoms with Crippen molar-refractivity contribution in [3.8, 4) is 11.5 Å². The highest BCUT2D eigenvalue weighted by Crippen LogP contribution is 2.39. The molecule has 2 aromatic carbocycles. The standard InChI is InChI=1S/C15H13ClF3N3O6S/c1-20-28-29(25,26)21(2)13-8-10(4-5-12(13)22(23)24)27-14-6-3-9(7-11(14)16)15(17,18)19/h3-8,20H,1-2H3. The third-order valence-corrected chi connectivity index (χ3v) is 5.03. The first kappa shape index (κ1) is 22.7. The minimum Gasteiger partial charge on any atom is -0.456 e. The molecular formula is C15H13ClF3N3O6S. The summed E-state index contributed by atoms with van der Waals surface area (Å²) in [4.78, 5) is 10.4. The van der Waals surface area contributed by atoms with Gasteiger partial charge in [-0.15, -0.1) is 0 Å². The molecule has 0 atom stereocenters. The fourth-order valence-electron chi connectivity index (χ4n) is 2.14. The van der Waals surface area contributed by atoms with Gasteiger partial charge in [0.25, 0.3) is 5.69 Å². The van der Waals surface area contributed by atoms with Gasteiger partial charge in [0.15, 0.2) is 0 Å². The van der Waals surface area contributed by atoms with Crippen LogP contribution in [0, 0.1) is 10.1 Å². The number of anilines is 1. The molecule has 2 rings (SSSR count). The topological polar surface area (TPSA) is 111 Å². The van der Waals surface area contributed by atoms with E-state index in [4.69, 9.17) is 16.3 Å². The van der Waals surface area contributed by atoms with Crippen molar-refractivity contribution < 1.29 is 35.5 Å². The number of alkyl halides is 3. The molecule has 2 aromatic rings. The molecule has 0 spiro atoms. The van der Waals surface area contributed by atoms with Crippen molar-refractivity contribution in [1.82, 2.24) is 5.48 Å². The molecule has 0 aliphatic carbocycles. The van der Waals surface area contributed by atoms with Crippen LogP contribution in [0.25, 0.3) is 0 Å². The zero-order valence-electron chi connectivity index (χ0n) is 14.7. The Morgan fingerprint density at radius 2 is 1.86 bits per heavy atom. The van der Waals surface area contributed by atoms with Gasteiger partial charge >= 0.3 is 16.5 Å². The lowest BCUT2D eigenvalue weighted by Crippen LogP contribution is -2.32. The Hall–Kier alpha value is -2.61. The van der Waals surface area contributed by atoms with Crippen LogP contribution in [-0.4, -0.2) is 27.4 Å². The van der Waals surface area contributed by atoms with Crippen LogP contribution in [0.3, 0.4) is 0 Å². The van der Waals surface area contributed by atoms with E-state index in [9.17, 15) is 31.7 Å². The number of nitro benzene ring substituents is 1. The number of benzene rings is 2. The lowest BCUT2D eigenvalue weighted by molar-refractivity contribution is -0.384. The van der Waals surface area contributed by atoms with Gasteiger partial charge in [0.05, 0.1) is 15.5 Å². The summed E-state index contributed by atoms with van der Waals surface area (Å²) in [7, 11) is -2.25. The van der Waals surface area contributed by atoms with Crippen LogP contribution in [0.1, 0.15) is 5.56 Å². The van der Waals surface area contributed by atoms with Gasteiger partial charge in [0.1, 0.15) is 17.2 Å². The first-order chi connectivity index (χ1) is 13.4. The van der Waals surface area contributed by atoms with E-state index in [2.05, 4.69) is 4.28 Å². The van der Waals surface area contributed by atoms with Crippen LogP contribution in [0.5, 0.6) is 11.5 Å². The fraction of sp³-hybridized carbons (Fsp3) is 0.200. The van der Waals surface area contributed by atoms with E-state index in [1.807, 2.05) is 5.48 Å². The monoisotopic (exact) mass is 455 g/mol. The van der Waals surface area contributed by atoms with Gasteiger partial charge in [-0.05, 0) is 24.3 Å². The van der Waals surface area contributed by atoms with Crippen molar-refractivity contribution in [3.05, 3.63) is 57.1 Å². The zero-order valence-corrected chi connectivity index (χ0v) is 16.3. The molecule has 1 N–H and O–H groups in total. The van der Waals surface area contributed by atoms with Crippen LogP contribution >= 0.6 is 11.6 Å². The van der Waals surface area contributed by atoms with Gasteiger partial charge in [-0.25, -0.2) is 4.31 Å². The Balaban J connectivity index is 2.45. The van der Waals surface area contributed by atoms with Crippen molar-refractivity contribution >= 4 is 33.3 Å². The molecule has 0 unspecified atom stereocenters. The number of rotatable bonds is 7. The highest BCUT2D eigenvalue weighted by Gasteiger charge is 2.31. The molecule has 0 aliphatic heterocycles. The lowest BCUT2D eigenvalue weighted by Gasteiger charge is -2.19. The van der Waals surface area contributed by atoms with Gasteiger partial charge in [0.2, 0.25) is 0 Å². The van der Waals surface area contributed by atoms with Crippen LogP contribution in [0.4, 0.5) is 24.5 Å². The highest BCUT2D eigenvalue weighted by atomic mass is 35.5. The van der Waals surface area contributed by atoms with E-state index in [1.165, 1.54) is 7.05 Å². The van der Waals surface area contributed by atoms with Crippen LogP contribution in [0.15, 0.2) is 36.4 Å². The molecular weight excluding hydrogens is 443 g/mol. The Labute approximate surface area is 167 Å². The number of halogens is 4. The van der Waals surface area contributed by atoms with Crippen LogP contribution in [-0.2, 0) is 20.8 Å². The maximum Gasteiger partial charge on any atom is 0.416 e. The van der Waals surface area contributed by atoms with Crippen LogP contribution < -0.4 is 14.5 Å². The number of hydroxylamine groups is 1. The summed E-state index contributed by atoms with van der Waals surface area (Å²) in [6.45, 7) is 0. The van der Waals surface area contributed by atoms with Crippen molar-refractivity contribution in [2.45, 2.75) is 6.18 Å². The number of nitrogens with zero attached hydrogens (tertiary/aromatic N) is 2.